The summed E-state index contributed by atoms with van der Waals surface area (Å²) in [6.45, 7) is 0.131. The Labute approximate surface area is 160 Å². The van der Waals surface area contributed by atoms with Crippen LogP contribution >= 0.6 is 11.8 Å². The Bertz CT molecular complexity index is 910. The van der Waals surface area contributed by atoms with E-state index in [0.29, 0.717) is 23.2 Å². The first-order chi connectivity index (χ1) is 13.3. The van der Waals surface area contributed by atoms with Crippen LogP contribution in [0.1, 0.15) is 22.7 Å². The Hall–Kier alpha value is -2.87. The number of carbonyl (C=O) groups is 1. The van der Waals surface area contributed by atoms with Crippen LogP contribution in [0, 0.1) is 0 Å². The van der Waals surface area contributed by atoms with Gasteiger partial charge in [-0.05, 0) is 24.3 Å². The number of hydrogen-bond donors (Lipinski definition) is 1. The molecule has 0 radical (unpaired) electrons. The first-order valence-electron chi connectivity index (χ1n) is 8.65. The zero-order chi connectivity index (χ0) is 18.5. The van der Waals surface area contributed by atoms with Gasteiger partial charge in [0.05, 0.1) is 6.54 Å². The van der Waals surface area contributed by atoms with Crippen molar-refractivity contribution in [3.8, 4) is 17.3 Å². The Morgan fingerprint density at radius 1 is 1.26 bits per heavy atom. The van der Waals surface area contributed by atoms with E-state index < -0.39 is 0 Å². The molecule has 8 heteroatoms. The molecule has 2 aromatic heterocycles. The summed E-state index contributed by atoms with van der Waals surface area (Å²) in [5, 5.41) is 6.73. The standard InChI is InChI=1S/C19H18N4O3S/c24-18(15-7-4-9-20-19(15)25-14-8-10-27-12-14)21-11-16-22-17(23-26-16)13-5-2-1-3-6-13/h1-7,9,14H,8,10-12H2,(H,21,24). The summed E-state index contributed by atoms with van der Waals surface area (Å²) in [5.74, 6) is 2.88. The molecular formula is C19H18N4O3S. The highest BCUT2D eigenvalue weighted by molar-refractivity contribution is 7.99. The Morgan fingerprint density at radius 2 is 2.15 bits per heavy atom. The number of pyridine rings is 1. The van der Waals surface area contributed by atoms with E-state index in [-0.39, 0.29) is 18.6 Å². The number of hydrogen-bond acceptors (Lipinski definition) is 7. The van der Waals surface area contributed by atoms with Crippen molar-refractivity contribution in [1.29, 1.82) is 0 Å². The molecule has 0 bridgehead atoms. The molecule has 7 nitrogen and oxygen atoms in total. The summed E-state index contributed by atoms with van der Waals surface area (Å²) >= 11 is 1.84. The van der Waals surface area contributed by atoms with Gasteiger partial charge in [0.1, 0.15) is 11.7 Å². The first kappa shape index (κ1) is 17.5. The molecular weight excluding hydrogens is 364 g/mol. The molecule has 1 aromatic carbocycles. The average Bonchev–Trinajstić information content (AvgIpc) is 3.39. The SMILES string of the molecule is O=C(NCc1nc(-c2ccccc2)no1)c1cccnc1OC1CCSC1. The minimum absolute atomic E-state index is 0.0980. The Morgan fingerprint density at radius 3 is 2.96 bits per heavy atom. The molecule has 1 atom stereocenters. The van der Waals surface area contributed by atoms with Crippen molar-refractivity contribution in [1.82, 2.24) is 20.4 Å². The van der Waals surface area contributed by atoms with E-state index in [1.165, 1.54) is 0 Å². The maximum atomic E-state index is 12.6. The lowest BCUT2D eigenvalue weighted by atomic mass is 10.2. The smallest absolute Gasteiger partial charge is 0.257 e. The van der Waals surface area contributed by atoms with Gasteiger partial charge in [-0.15, -0.1) is 0 Å². The lowest BCUT2D eigenvalue weighted by molar-refractivity contribution is 0.0938. The maximum Gasteiger partial charge on any atom is 0.257 e. The zero-order valence-corrected chi connectivity index (χ0v) is 15.3. The third-order valence-corrected chi connectivity index (χ3v) is 5.21. The lowest BCUT2D eigenvalue weighted by Crippen LogP contribution is -2.25. The molecule has 1 amide bonds. The van der Waals surface area contributed by atoms with Gasteiger partial charge in [-0.3, -0.25) is 4.79 Å². The lowest BCUT2D eigenvalue weighted by Gasteiger charge is -2.14. The predicted octanol–water partition coefficient (Wildman–Crippen LogP) is 2.95. The first-order valence-corrected chi connectivity index (χ1v) is 9.80. The van der Waals surface area contributed by atoms with Crippen molar-refractivity contribution < 1.29 is 14.1 Å². The van der Waals surface area contributed by atoms with Crippen molar-refractivity contribution in [2.45, 2.75) is 19.1 Å². The molecule has 0 saturated carbocycles. The van der Waals surface area contributed by atoms with Gasteiger partial charge in [-0.1, -0.05) is 35.5 Å². The molecule has 1 aliphatic heterocycles. The molecule has 4 rings (SSSR count). The number of amides is 1. The van der Waals surface area contributed by atoms with Crippen LogP contribution in [0.3, 0.4) is 0 Å². The van der Waals surface area contributed by atoms with Gasteiger partial charge in [-0.25, -0.2) is 4.98 Å². The third-order valence-electron chi connectivity index (χ3n) is 4.08. The van der Waals surface area contributed by atoms with Crippen molar-refractivity contribution in [3.05, 3.63) is 60.1 Å². The molecule has 1 fully saturated rings. The van der Waals surface area contributed by atoms with Crippen LogP contribution in [0.2, 0.25) is 0 Å². The number of rotatable bonds is 6. The van der Waals surface area contributed by atoms with Crippen LogP contribution in [0.5, 0.6) is 5.88 Å². The number of nitrogens with zero attached hydrogens (tertiary/aromatic N) is 3. The summed E-state index contributed by atoms with van der Waals surface area (Å²) in [5.41, 5.74) is 1.26. The van der Waals surface area contributed by atoms with E-state index in [2.05, 4.69) is 20.4 Å². The summed E-state index contributed by atoms with van der Waals surface area (Å²) in [6, 6.07) is 12.9. The number of nitrogens with one attached hydrogen (secondary N) is 1. The van der Waals surface area contributed by atoms with Gasteiger partial charge in [0, 0.05) is 17.5 Å². The summed E-state index contributed by atoms with van der Waals surface area (Å²) < 4.78 is 11.1. The average molecular weight is 382 g/mol. The summed E-state index contributed by atoms with van der Waals surface area (Å²) in [7, 11) is 0. The Kier molecular flexibility index (Phi) is 5.34. The van der Waals surface area contributed by atoms with E-state index in [4.69, 9.17) is 9.26 Å². The topological polar surface area (TPSA) is 90.1 Å². The number of thioether (sulfide) groups is 1. The van der Waals surface area contributed by atoms with Gasteiger partial charge in [0.2, 0.25) is 17.6 Å². The number of ether oxygens (including phenoxy) is 1. The molecule has 27 heavy (non-hydrogen) atoms. The minimum atomic E-state index is -0.289. The fourth-order valence-corrected chi connectivity index (χ4v) is 3.80. The van der Waals surface area contributed by atoms with Crippen molar-refractivity contribution >= 4 is 17.7 Å². The van der Waals surface area contributed by atoms with Crippen molar-refractivity contribution in [2.75, 3.05) is 11.5 Å². The molecule has 1 saturated heterocycles. The van der Waals surface area contributed by atoms with Gasteiger partial charge < -0.3 is 14.6 Å². The molecule has 3 heterocycles. The van der Waals surface area contributed by atoms with E-state index in [1.807, 2.05) is 42.1 Å². The summed E-state index contributed by atoms with van der Waals surface area (Å²) in [6.07, 6.45) is 2.69. The van der Waals surface area contributed by atoms with Gasteiger partial charge in [-0.2, -0.15) is 16.7 Å². The third kappa shape index (κ3) is 4.28. The molecule has 0 aliphatic carbocycles. The van der Waals surface area contributed by atoms with Crippen LogP contribution in [0.15, 0.2) is 53.2 Å². The molecule has 138 valence electrons. The van der Waals surface area contributed by atoms with Crippen molar-refractivity contribution in [2.24, 2.45) is 0 Å². The monoisotopic (exact) mass is 382 g/mol. The second-order valence-corrected chi connectivity index (χ2v) is 7.17. The maximum absolute atomic E-state index is 12.6. The fourth-order valence-electron chi connectivity index (χ4n) is 2.70. The normalized spacial score (nSPS) is 16.2. The highest BCUT2D eigenvalue weighted by atomic mass is 32.2. The molecule has 3 aromatic rings. The number of benzene rings is 1. The second-order valence-electron chi connectivity index (χ2n) is 6.02. The highest BCUT2D eigenvalue weighted by Gasteiger charge is 2.21. The van der Waals surface area contributed by atoms with E-state index in [1.54, 1.807) is 18.3 Å². The predicted molar refractivity (Wildman–Crippen MR) is 101 cm³/mol. The zero-order valence-electron chi connectivity index (χ0n) is 14.5. The van der Waals surface area contributed by atoms with Gasteiger partial charge in [0.25, 0.3) is 5.91 Å². The van der Waals surface area contributed by atoms with E-state index in [9.17, 15) is 4.79 Å². The van der Waals surface area contributed by atoms with Crippen LogP contribution < -0.4 is 10.1 Å². The van der Waals surface area contributed by atoms with Gasteiger partial charge >= 0.3 is 0 Å². The molecule has 0 spiro atoms. The van der Waals surface area contributed by atoms with Gasteiger partial charge in [0.15, 0.2) is 0 Å². The molecule has 1 unspecified atom stereocenters. The number of carbonyl (C=O) groups excluding carboxylic acids is 1. The van der Waals surface area contributed by atoms with Crippen LogP contribution in [-0.2, 0) is 6.54 Å². The van der Waals surface area contributed by atoms with Crippen LogP contribution in [0.25, 0.3) is 11.4 Å². The Balaban J connectivity index is 1.40. The quantitative estimate of drug-likeness (QED) is 0.701. The second kappa shape index (κ2) is 8.22. The largest absolute Gasteiger partial charge is 0.473 e. The van der Waals surface area contributed by atoms with Crippen LogP contribution in [0.4, 0.5) is 0 Å². The number of aromatic nitrogens is 3. The fraction of sp³-hybridized carbons (Fsp3) is 0.263. The summed E-state index contributed by atoms with van der Waals surface area (Å²) in [4.78, 5) is 21.1. The molecule has 1 aliphatic rings. The minimum Gasteiger partial charge on any atom is -0.473 e. The van der Waals surface area contributed by atoms with Crippen LogP contribution in [-0.4, -0.2) is 38.6 Å². The van der Waals surface area contributed by atoms with E-state index >= 15 is 0 Å². The highest BCUT2D eigenvalue weighted by Crippen LogP contribution is 2.24. The van der Waals surface area contributed by atoms with E-state index in [0.717, 1.165) is 23.5 Å². The molecule has 1 N–H and O–H groups in total. The van der Waals surface area contributed by atoms with Crippen molar-refractivity contribution in [3.63, 3.8) is 0 Å².